The Hall–Kier alpha value is -1.33. The molecular weight excluding hydrogens is 210 g/mol. The van der Waals surface area contributed by atoms with Crippen LogP contribution in [0, 0.1) is 0 Å². The first-order valence-corrected chi connectivity index (χ1v) is 5.36. The van der Waals surface area contributed by atoms with Crippen LogP contribution in [-0.4, -0.2) is 34.3 Å². The van der Waals surface area contributed by atoms with E-state index in [0.717, 1.165) is 25.6 Å². The van der Waals surface area contributed by atoms with E-state index >= 15 is 0 Å². The molecule has 2 rings (SSSR count). The van der Waals surface area contributed by atoms with E-state index < -0.39 is 5.43 Å². The quantitative estimate of drug-likeness (QED) is 0.774. The predicted molar refractivity (Wildman–Crippen MR) is 57.2 cm³/mol. The van der Waals surface area contributed by atoms with Gasteiger partial charge in [-0.25, -0.2) is 0 Å². The molecule has 16 heavy (non-hydrogen) atoms. The molecule has 0 radical (unpaired) electrons. The fourth-order valence-electron chi connectivity index (χ4n) is 2.04. The van der Waals surface area contributed by atoms with E-state index in [1.165, 1.54) is 6.07 Å². The molecule has 5 heteroatoms. The van der Waals surface area contributed by atoms with Crippen molar-refractivity contribution in [2.45, 2.75) is 25.4 Å². The van der Waals surface area contributed by atoms with Crippen molar-refractivity contribution in [1.29, 1.82) is 0 Å². The fraction of sp³-hybridized carbons (Fsp3) is 0.545. The molecule has 1 aliphatic rings. The van der Waals surface area contributed by atoms with Gasteiger partial charge in [-0.05, 0) is 19.4 Å². The summed E-state index contributed by atoms with van der Waals surface area (Å²) >= 11 is 0. The molecule has 0 spiro atoms. The zero-order valence-corrected chi connectivity index (χ0v) is 8.93. The second-order valence-electron chi connectivity index (χ2n) is 4.04. The van der Waals surface area contributed by atoms with Crippen LogP contribution in [0.4, 0.5) is 0 Å². The van der Waals surface area contributed by atoms with Crippen molar-refractivity contribution in [3.63, 3.8) is 0 Å². The van der Waals surface area contributed by atoms with E-state index in [0.29, 0.717) is 12.3 Å². The Morgan fingerprint density at radius 3 is 3.06 bits per heavy atom. The van der Waals surface area contributed by atoms with Crippen LogP contribution in [-0.2, 0) is 6.54 Å². The van der Waals surface area contributed by atoms with Crippen LogP contribution in [0.3, 0.4) is 0 Å². The smallest absolute Gasteiger partial charge is 0.226 e. The number of hydrogen-bond donors (Lipinski definition) is 2. The lowest BCUT2D eigenvalue weighted by Gasteiger charge is -2.21. The summed E-state index contributed by atoms with van der Waals surface area (Å²) in [5.41, 5.74) is -0.430. The summed E-state index contributed by atoms with van der Waals surface area (Å²) in [6.07, 6.45) is 3.08. The number of rotatable bonds is 3. The van der Waals surface area contributed by atoms with Crippen LogP contribution in [0.15, 0.2) is 21.5 Å². The molecule has 0 unspecified atom stereocenters. The zero-order valence-electron chi connectivity index (χ0n) is 8.93. The molecule has 0 amide bonds. The zero-order chi connectivity index (χ0) is 11.5. The third-order valence-electron chi connectivity index (χ3n) is 2.94. The largest absolute Gasteiger partial charge is 0.502 e. The lowest BCUT2D eigenvalue weighted by molar-refractivity contribution is 0.145. The van der Waals surface area contributed by atoms with E-state index in [1.54, 1.807) is 0 Å². The fourth-order valence-corrected chi connectivity index (χ4v) is 2.04. The Balaban J connectivity index is 2.08. The maximum absolute atomic E-state index is 11.2. The van der Waals surface area contributed by atoms with Gasteiger partial charge in [-0.3, -0.25) is 9.69 Å². The van der Waals surface area contributed by atoms with Gasteiger partial charge in [-0.15, -0.1) is 0 Å². The summed E-state index contributed by atoms with van der Waals surface area (Å²) in [4.78, 5) is 13.3. The third kappa shape index (κ3) is 2.25. The van der Waals surface area contributed by atoms with Gasteiger partial charge in [0, 0.05) is 12.1 Å². The minimum atomic E-state index is -0.430. The summed E-state index contributed by atoms with van der Waals surface area (Å²) < 4.78 is 5.12. The number of hydrogen-bond acceptors (Lipinski definition) is 5. The first kappa shape index (κ1) is 11.2. The first-order chi connectivity index (χ1) is 7.70. The van der Waals surface area contributed by atoms with E-state index in [1.807, 2.05) is 0 Å². The molecule has 1 aliphatic heterocycles. The maximum Gasteiger partial charge on any atom is 0.226 e. The van der Waals surface area contributed by atoms with Crippen molar-refractivity contribution in [3.8, 4) is 5.75 Å². The van der Waals surface area contributed by atoms with E-state index in [9.17, 15) is 4.79 Å². The minimum absolute atomic E-state index is 0.127. The molecule has 0 aliphatic carbocycles. The van der Waals surface area contributed by atoms with Gasteiger partial charge in [0.15, 0.2) is 5.75 Å². The molecule has 1 saturated heterocycles. The Morgan fingerprint density at radius 2 is 2.38 bits per heavy atom. The first-order valence-electron chi connectivity index (χ1n) is 5.36. The van der Waals surface area contributed by atoms with Crippen LogP contribution < -0.4 is 5.43 Å². The van der Waals surface area contributed by atoms with Gasteiger partial charge in [0.05, 0.1) is 13.2 Å². The van der Waals surface area contributed by atoms with E-state index in [2.05, 4.69) is 4.90 Å². The van der Waals surface area contributed by atoms with Gasteiger partial charge in [-0.2, -0.15) is 0 Å². The van der Waals surface area contributed by atoms with Gasteiger partial charge in [0.1, 0.15) is 12.0 Å². The molecule has 0 bridgehead atoms. The Morgan fingerprint density at radius 1 is 1.56 bits per heavy atom. The van der Waals surface area contributed by atoms with Gasteiger partial charge >= 0.3 is 0 Å². The van der Waals surface area contributed by atoms with Gasteiger partial charge in [-0.1, -0.05) is 0 Å². The highest BCUT2D eigenvalue weighted by Gasteiger charge is 2.24. The molecule has 2 N–H and O–H groups in total. The SMILES string of the molecule is O=c1cc(CN2CCC[C@H]2CO)occ1O. The third-order valence-corrected chi connectivity index (χ3v) is 2.94. The number of aromatic hydroxyl groups is 1. The number of likely N-dealkylation sites (tertiary alicyclic amines) is 1. The number of aliphatic hydroxyl groups excluding tert-OH is 1. The van der Waals surface area contributed by atoms with Crippen LogP contribution in [0.5, 0.6) is 5.75 Å². The predicted octanol–water partition coefficient (Wildman–Crippen LogP) is 0.302. The Kier molecular flexibility index (Phi) is 3.26. The molecule has 0 aromatic carbocycles. The van der Waals surface area contributed by atoms with E-state index in [-0.39, 0.29) is 18.4 Å². The number of aliphatic hydroxyl groups is 1. The molecular formula is C11H15NO4. The second-order valence-corrected chi connectivity index (χ2v) is 4.04. The summed E-state index contributed by atoms with van der Waals surface area (Å²) in [6, 6.07) is 1.45. The second kappa shape index (κ2) is 4.67. The monoisotopic (exact) mass is 225 g/mol. The van der Waals surface area contributed by atoms with Crippen molar-refractivity contribution >= 4 is 0 Å². The van der Waals surface area contributed by atoms with Crippen LogP contribution in [0.1, 0.15) is 18.6 Å². The molecule has 1 atom stereocenters. The summed E-state index contributed by atoms with van der Waals surface area (Å²) in [5, 5.41) is 18.2. The van der Waals surface area contributed by atoms with Gasteiger partial charge in [0.25, 0.3) is 0 Å². The molecule has 2 heterocycles. The average Bonchev–Trinajstić information content (AvgIpc) is 2.71. The highest BCUT2D eigenvalue weighted by molar-refractivity contribution is 5.15. The van der Waals surface area contributed by atoms with Crippen molar-refractivity contribution in [3.05, 3.63) is 28.3 Å². The molecule has 1 fully saturated rings. The normalized spacial score (nSPS) is 21.4. The standard InChI is InChI=1S/C11H15NO4/c13-6-8-2-1-3-12(8)5-9-4-10(14)11(15)7-16-9/h4,7-8,13,15H,1-3,5-6H2/t8-/m0/s1. The molecule has 88 valence electrons. The van der Waals surface area contributed by atoms with Crippen molar-refractivity contribution in [2.75, 3.05) is 13.2 Å². The highest BCUT2D eigenvalue weighted by atomic mass is 16.4. The maximum atomic E-state index is 11.2. The topological polar surface area (TPSA) is 73.9 Å². The van der Waals surface area contributed by atoms with Crippen molar-refractivity contribution in [2.24, 2.45) is 0 Å². The molecule has 5 nitrogen and oxygen atoms in total. The average molecular weight is 225 g/mol. The van der Waals surface area contributed by atoms with E-state index in [4.69, 9.17) is 14.6 Å². The van der Waals surface area contributed by atoms with Crippen molar-refractivity contribution < 1.29 is 14.6 Å². The molecule has 0 saturated carbocycles. The lowest BCUT2D eigenvalue weighted by Crippen LogP contribution is -2.31. The minimum Gasteiger partial charge on any atom is -0.502 e. The Labute approximate surface area is 92.9 Å². The van der Waals surface area contributed by atoms with Crippen LogP contribution in [0.2, 0.25) is 0 Å². The summed E-state index contributed by atoms with van der Waals surface area (Å²) in [5.74, 6) is 0.145. The number of nitrogens with zero attached hydrogens (tertiary/aromatic N) is 1. The van der Waals surface area contributed by atoms with Gasteiger partial charge < -0.3 is 14.6 Å². The molecule has 1 aromatic heterocycles. The Bertz CT molecular complexity index is 415. The van der Waals surface area contributed by atoms with Crippen LogP contribution in [0.25, 0.3) is 0 Å². The lowest BCUT2D eigenvalue weighted by atomic mass is 10.2. The van der Waals surface area contributed by atoms with Gasteiger partial charge in [0.2, 0.25) is 5.43 Å². The van der Waals surface area contributed by atoms with Crippen molar-refractivity contribution in [1.82, 2.24) is 4.90 Å². The summed E-state index contributed by atoms with van der Waals surface area (Å²) in [7, 11) is 0. The van der Waals surface area contributed by atoms with Crippen LogP contribution >= 0.6 is 0 Å². The summed E-state index contributed by atoms with van der Waals surface area (Å²) in [6.45, 7) is 1.53. The molecule has 1 aromatic rings. The highest BCUT2D eigenvalue weighted by Crippen LogP contribution is 2.19.